The average molecular weight is 587 g/mol. The van der Waals surface area contributed by atoms with Crippen LogP contribution in [0.2, 0.25) is 0 Å². The Bertz CT molecular complexity index is 1280. The first-order valence-corrected chi connectivity index (χ1v) is 12.5. The van der Waals surface area contributed by atoms with Gasteiger partial charge in [-0.1, -0.05) is 30.3 Å². The second-order valence-corrected chi connectivity index (χ2v) is 9.43. The number of benzodiazepines with no additional fused rings is 1. The van der Waals surface area contributed by atoms with Gasteiger partial charge in [-0.2, -0.15) is 26.3 Å². The highest BCUT2D eigenvalue weighted by atomic mass is 19.4. The van der Waals surface area contributed by atoms with Crippen molar-refractivity contribution in [3.8, 4) is 5.75 Å². The van der Waals surface area contributed by atoms with Gasteiger partial charge in [0.2, 0.25) is 18.0 Å². The van der Waals surface area contributed by atoms with Gasteiger partial charge in [-0.05, 0) is 31.4 Å². The fourth-order valence-corrected chi connectivity index (χ4v) is 4.48. The lowest BCUT2D eigenvalue weighted by molar-refractivity contribution is -0.147. The van der Waals surface area contributed by atoms with Gasteiger partial charge >= 0.3 is 12.4 Å². The summed E-state index contributed by atoms with van der Waals surface area (Å²) in [4.78, 5) is 43.0. The summed E-state index contributed by atoms with van der Waals surface area (Å²) < 4.78 is 82.5. The molecule has 0 aliphatic carbocycles. The molecule has 3 rings (SSSR count). The molecule has 2 aromatic rings. The SMILES string of the molecule is COc1ccc2c(c1)NC(=O)[C@@H](NC(=O)C(CCC(F)(F)F)C(CCCC(F)(F)F)C(N)=O)N=C2c1ccccc1. The summed E-state index contributed by atoms with van der Waals surface area (Å²) in [6.45, 7) is 0. The number of alkyl halides is 6. The Hall–Kier alpha value is -4.10. The minimum absolute atomic E-state index is 0.260. The predicted molar refractivity (Wildman–Crippen MR) is 137 cm³/mol. The number of aliphatic imine (C=N–C) groups is 1. The molecule has 0 fully saturated rings. The molecule has 1 aliphatic rings. The third kappa shape index (κ3) is 8.95. The Labute approximate surface area is 231 Å². The molecular formula is C27H28F6N4O4. The van der Waals surface area contributed by atoms with E-state index in [0.29, 0.717) is 16.9 Å². The predicted octanol–water partition coefficient (Wildman–Crippen LogP) is 4.72. The van der Waals surface area contributed by atoms with Gasteiger partial charge in [-0.25, -0.2) is 4.99 Å². The number of nitrogens with zero attached hydrogens (tertiary/aromatic N) is 1. The number of hydrogen-bond acceptors (Lipinski definition) is 5. The zero-order valence-corrected chi connectivity index (χ0v) is 21.8. The van der Waals surface area contributed by atoms with Gasteiger partial charge in [0.15, 0.2) is 0 Å². The van der Waals surface area contributed by atoms with Crippen molar-refractivity contribution >= 4 is 29.1 Å². The quantitative estimate of drug-likeness (QED) is 0.330. The van der Waals surface area contributed by atoms with Crippen molar-refractivity contribution in [2.24, 2.45) is 22.6 Å². The third-order valence-corrected chi connectivity index (χ3v) is 6.47. The number of methoxy groups -OCH3 is 1. The van der Waals surface area contributed by atoms with Gasteiger partial charge in [0.05, 0.1) is 18.5 Å². The van der Waals surface area contributed by atoms with Crippen LogP contribution in [0.1, 0.15) is 43.2 Å². The Morgan fingerprint density at radius 3 is 2.24 bits per heavy atom. The van der Waals surface area contributed by atoms with Crippen LogP contribution in [-0.2, 0) is 14.4 Å². The summed E-state index contributed by atoms with van der Waals surface area (Å²) in [7, 11) is 1.42. The third-order valence-electron chi connectivity index (χ3n) is 6.47. The zero-order valence-electron chi connectivity index (χ0n) is 21.8. The van der Waals surface area contributed by atoms with Gasteiger partial charge in [0.1, 0.15) is 5.75 Å². The van der Waals surface area contributed by atoms with Crippen LogP contribution in [-0.4, -0.2) is 49.1 Å². The first kappa shape index (κ1) is 31.4. The number of carbonyl (C=O) groups excluding carboxylic acids is 3. The van der Waals surface area contributed by atoms with Crippen LogP contribution in [0, 0.1) is 11.8 Å². The molecule has 2 unspecified atom stereocenters. The van der Waals surface area contributed by atoms with E-state index in [1.54, 1.807) is 42.5 Å². The number of nitrogens with two attached hydrogens (primary N) is 1. The van der Waals surface area contributed by atoms with E-state index in [4.69, 9.17) is 10.5 Å². The lowest BCUT2D eigenvalue weighted by Crippen LogP contribution is -2.48. The number of primary amides is 1. The van der Waals surface area contributed by atoms with Crippen LogP contribution in [0.25, 0.3) is 0 Å². The number of carbonyl (C=O) groups is 3. The first-order chi connectivity index (χ1) is 19.2. The number of benzene rings is 2. The van der Waals surface area contributed by atoms with Crippen molar-refractivity contribution in [2.45, 2.75) is 50.6 Å². The minimum atomic E-state index is -4.73. The Morgan fingerprint density at radius 1 is 1.00 bits per heavy atom. The topological polar surface area (TPSA) is 123 Å². The molecule has 41 heavy (non-hydrogen) atoms. The molecule has 0 saturated carbocycles. The molecule has 0 radical (unpaired) electrons. The number of halogens is 6. The fourth-order valence-electron chi connectivity index (χ4n) is 4.48. The molecule has 222 valence electrons. The number of ether oxygens (including phenoxy) is 1. The van der Waals surface area contributed by atoms with Crippen LogP contribution in [0.4, 0.5) is 32.0 Å². The standard InChI is InChI=1S/C27H28F6N4O4/c1-41-16-9-10-19-20(14-16)35-25(40)23(36-21(19)15-6-3-2-4-7-15)37-24(39)18(11-13-27(31,32)33)17(22(34)38)8-5-12-26(28,29)30/h2-4,6-7,9-10,14,17-18,23H,5,8,11-13H2,1H3,(H2,34,38)(H,35,40)(H,37,39)/t17?,18?,23-/m1/s1. The average Bonchev–Trinajstić information content (AvgIpc) is 3.02. The van der Waals surface area contributed by atoms with Gasteiger partial charge in [-0.15, -0.1) is 0 Å². The normalized spacial score (nSPS) is 16.9. The number of fused-ring (bicyclic) bond motifs is 1. The van der Waals surface area contributed by atoms with Crippen LogP contribution in [0.5, 0.6) is 5.75 Å². The van der Waals surface area contributed by atoms with E-state index < -0.39 is 80.2 Å². The van der Waals surface area contributed by atoms with Crippen molar-refractivity contribution in [3.05, 3.63) is 59.7 Å². The number of hydrogen-bond donors (Lipinski definition) is 3. The molecule has 3 atom stereocenters. The number of anilines is 1. The number of nitrogens with one attached hydrogen (secondary N) is 2. The molecule has 3 amide bonds. The van der Waals surface area contributed by atoms with Gasteiger partial charge in [0.25, 0.3) is 5.91 Å². The van der Waals surface area contributed by atoms with Gasteiger partial charge in [-0.3, -0.25) is 14.4 Å². The second kappa shape index (κ2) is 13.0. The van der Waals surface area contributed by atoms with E-state index in [1.807, 2.05) is 0 Å². The molecular weight excluding hydrogens is 558 g/mol. The maximum Gasteiger partial charge on any atom is 0.389 e. The van der Waals surface area contributed by atoms with Gasteiger partial charge < -0.3 is 21.1 Å². The van der Waals surface area contributed by atoms with E-state index >= 15 is 0 Å². The Kier molecular flexibility index (Phi) is 10.00. The van der Waals surface area contributed by atoms with Gasteiger partial charge in [0, 0.05) is 41.9 Å². The zero-order chi connectivity index (χ0) is 30.4. The Morgan fingerprint density at radius 2 is 1.66 bits per heavy atom. The van der Waals surface area contributed by atoms with Crippen molar-refractivity contribution < 1.29 is 45.5 Å². The molecule has 1 aliphatic heterocycles. The molecule has 2 aromatic carbocycles. The summed E-state index contributed by atoms with van der Waals surface area (Å²) >= 11 is 0. The monoisotopic (exact) mass is 586 g/mol. The summed E-state index contributed by atoms with van der Waals surface area (Å²) in [5.74, 6) is -6.27. The maximum atomic E-state index is 13.3. The van der Waals surface area contributed by atoms with E-state index in [2.05, 4.69) is 15.6 Å². The molecule has 8 nitrogen and oxygen atoms in total. The number of rotatable bonds is 11. The van der Waals surface area contributed by atoms with Crippen LogP contribution < -0.4 is 21.1 Å². The van der Waals surface area contributed by atoms with Crippen LogP contribution in [0.3, 0.4) is 0 Å². The Balaban J connectivity index is 1.96. The van der Waals surface area contributed by atoms with Crippen LogP contribution >= 0.6 is 0 Å². The smallest absolute Gasteiger partial charge is 0.389 e. The van der Waals surface area contributed by atoms with E-state index in [9.17, 15) is 40.7 Å². The summed E-state index contributed by atoms with van der Waals surface area (Å²) in [5, 5.41) is 4.89. The van der Waals surface area contributed by atoms with Crippen molar-refractivity contribution in [2.75, 3.05) is 12.4 Å². The maximum absolute atomic E-state index is 13.3. The van der Waals surface area contributed by atoms with Crippen molar-refractivity contribution in [1.82, 2.24) is 5.32 Å². The molecule has 0 spiro atoms. The second-order valence-electron chi connectivity index (χ2n) is 9.43. The highest BCUT2D eigenvalue weighted by Gasteiger charge is 2.39. The summed E-state index contributed by atoms with van der Waals surface area (Å²) in [6, 6.07) is 13.3. The molecule has 0 bridgehead atoms. The fraction of sp³-hybridized carbons (Fsp3) is 0.407. The summed E-state index contributed by atoms with van der Waals surface area (Å²) in [6.07, 6.45) is -15.9. The van der Waals surface area contributed by atoms with Crippen molar-refractivity contribution in [1.29, 1.82) is 0 Å². The molecule has 0 saturated heterocycles. The highest BCUT2D eigenvalue weighted by Crippen LogP contribution is 2.32. The van der Waals surface area contributed by atoms with E-state index in [1.165, 1.54) is 13.2 Å². The molecule has 1 heterocycles. The minimum Gasteiger partial charge on any atom is -0.497 e. The largest absolute Gasteiger partial charge is 0.497 e. The lowest BCUT2D eigenvalue weighted by atomic mass is 9.83. The number of amides is 3. The molecule has 14 heteroatoms. The highest BCUT2D eigenvalue weighted by molar-refractivity contribution is 6.20. The van der Waals surface area contributed by atoms with E-state index in [0.717, 1.165) is 0 Å². The summed E-state index contributed by atoms with van der Waals surface area (Å²) in [5.41, 5.74) is 6.88. The molecule has 4 N–H and O–H groups in total. The van der Waals surface area contributed by atoms with Crippen molar-refractivity contribution in [3.63, 3.8) is 0 Å². The first-order valence-electron chi connectivity index (χ1n) is 12.5. The molecule has 0 aromatic heterocycles. The van der Waals surface area contributed by atoms with Crippen LogP contribution in [0.15, 0.2) is 53.5 Å². The lowest BCUT2D eigenvalue weighted by Gasteiger charge is -2.26. The van der Waals surface area contributed by atoms with E-state index in [-0.39, 0.29) is 11.4 Å².